The van der Waals surface area contributed by atoms with E-state index in [0.29, 0.717) is 0 Å². The van der Waals surface area contributed by atoms with Crippen molar-refractivity contribution in [1.82, 2.24) is 10.2 Å². The van der Waals surface area contributed by atoms with E-state index in [0.717, 1.165) is 17.9 Å². The predicted octanol–water partition coefficient (Wildman–Crippen LogP) is 1.53. The molecule has 0 aromatic rings. The molecule has 2 heterocycles. The summed E-state index contributed by atoms with van der Waals surface area (Å²) >= 11 is 0. The van der Waals surface area contributed by atoms with Crippen molar-refractivity contribution in [3.05, 3.63) is 0 Å². The van der Waals surface area contributed by atoms with Crippen LogP contribution in [0.4, 0.5) is 0 Å². The maximum Gasteiger partial charge on any atom is 0.0345 e. The first-order valence-electron chi connectivity index (χ1n) is 5.38. The fraction of sp³-hybridized carbons (Fsp3) is 1.00. The average molecular weight is 239 g/mol. The molecule has 4 heteroatoms. The molecule has 0 amide bonds. The lowest BCUT2D eigenvalue weighted by Crippen LogP contribution is -2.56. The first-order valence-corrected chi connectivity index (χ1v) is 5.38. The Morgan fingerprint density at radius 3 is 1.93 bits per heavy atom. The van der Waals surface area contributed by atoms with Crippen LogP contribution < -0.4 is 5.32 Å². The summed E-state index contributed by atoms with van der Waals surface area (Å²) in [6, 6.07) is 0.899. The Bertz CT molecular complexity index is 173. The first kappa shape index (κ1) is 12.6. The molecule has 0 aromatic heterocycles. The van der Waals surface area contributed by atoms with E-state index in [-0.39, 0.29) is 24.8 Å². The Hall–Kier alpha value is 0.500. The summed E-state index contributed by atoms with van der Waals surface area (Å²) in [6.45, 7) is 5.33. The van der Waals surface area contributed by atoms with Gasteiger partial charge in [0, 0.05) is 32.2 Å². The molecule has 14 heavy (non-hydrogen) atoms. The van der Waals surface area contributed by atoms with Crippen molar-refractivity contribution < 1.29 is 0 Å². The minimum Gasteiger partial charge on any atom is -0.314 e. The van der Waals surface area contributed by atoms with Gasteiger partial charge in [0.2, 0.25) is 0 Å². The van der Waals surface area contributed by atoms with Gasteiger partial charge in [0.05, 0.1) is 0 Å². The Morgan fingerprint density at radius 1 is 0.929 bits per heavy atom. The van der Waals surface area contributed by atoms with Crippen LogP contribution in [0.15, 0.2) is 0 Å². The molecule has 2 atom stereocenters. The molecule has 2 aliphatic heterocycles. The largest absolute Gasteiger partial charge is 0.314 e. The zero-order valence-corrected chi connectivity index (χ0v) is 10.1. The van der Waals surface area contributed by atoms with Gasteiger partial charge in [0.1, 0.15) is 0 Å². The van der Waals surface area contributed by atoms with Crippen molar-refractivity contribution in [3.63, 3.8) is 0 Å². The van der Waals surface area contributed by atoms with Gasteiger partial charge in [-0.1, -0.05) is 6.42 Å². The van der Waals surface area contributed by atoms with Crippen molar-refractivity contribution in [2.75, 3.05) is 26.2 Å². The summed E-state index contributed by atoms with van der Waals surface area (Å²) in [5.41, 5.74) is 0. The fourth-order valence-electron chi connectivity index (χ4n) is 3.10. The van der Waals surface area contributed by atoms with Gasteiger partial charge in [-0.2, -0.15) is 0 Å². The molecule has 2 nitrogen and oxygen atoms in total. The maximum absolute atomic E-state index is 3.36. The summed E-state index contributed by atoms with van der Waals surface area (Å²) in [5, 5.41) is 3.36. The number of likely N-dealkylation sites (tertiary alicyclic amines) is 1. The maximum atomic E-state index is 3.36. The van der Waals surface area contributed by atoms with E-state index in [9.17, 15) is 0 Å². The second-order valence-electron chi connectivity index (χ2n) is 4.72. The summed E-state index contributed by atoms with van der Waals surface area (Å²) in [4.78, 5) is 2.73. The van der Waals surface area contributed by atoms with Gasteiger partial charge in [-0.25, -0.2) is 0 Å². The molecule has 2 saturated heterocycles. The minimum atomic E-state index is 0. The highest BCUT2D eigenvalue weighted by atomic mass is 35.5. The Morgan fingerprint density at radius 2 is 1.50 bits per heavy atom. The number of fused-ring (bicyclic) bond motifs is 1. The third kappa shape index (κ3) is 2.04. The standard InChI is InChI=1S/C10H18N2.2ClH/c1-2-8-6-12(7-9(8)3-1)10-4-11-5-10;;/h8-11H,1-7H2;2*1H/t8-,9+;;. The van der Waals surface area contributed by atoms with Gasteiger partial charge in [-0.05, 0) is 24.7 Å². The van der Waals surface area contributed by atoms with Crippen LogP contribution in [0.2, 0.25) is 0 Å². The normalized spacial score (nSPS) is 36.9. The van der Waals surface area contributed by atoms with E-state index >= 15 is 0 Å². The smallest absolute Gasteiger partial charge is 0.0345 e. The van der Waals surface area contributed by atoms with Crippen LogP contribution in [0, 0.1) is 11.8 Å². The Labute approximate surface area is 98.6 Å². The molecule has 0 spiro atoms. The lowest BCUT2D eigenvalue weighted by Gasteiger charge is -2.36. The van der Waals surface area contributed by atoms with E-state index in [1.165, 1.54) is 45.4 Å². The van der Waals surface area contributed by atoms with Gasteiger partial charge in [0.25, 0.3) is 0 Å². The van der Waals surface area contributed by atoms with Gasteiger partial charge < -0.3 is 5.32 Å². The third-order valence-electron chi connectivity index (χ3n) is 4.03. The van der Waals surface area contributed by atoms with Gasteiger partial charge in [-0.3, -0.25) is 4.90 Å². The number of nitrogens with zero attached hydrogens (tertiary/aromatic N) is 1. The Kier molecular flexibility index (Phi) is 4.51. The zero-order chi connectivity index (χ0) is 7.97. The third-order valence-corrected chi connectivity index (χ3v) is 4.03. The number of hydrogen-bond acceptors (Lipinski definition) is 2. The van der Waals surface area contributed by atoms with Gasteiger partial charge in [0.15, 0.2) is 0 Å². The van der Waals surface area contributed by atoms with E-state index in [4.69, 9.17) is 0 Å². The van der Waals surface area contributed by atoms with Crippen LogP contribution in [-0.2, 0) is 0 Å². The van der Waals surface area contributed by atoms with Crippen LogP contribution in [0.5, 0.6) is 0 Å². The Balaban J connectivity index is 0.000000490. The summed E-state index contributed by atoms with van der Waals surface area (Å²) in [5.74, 6) is 2.15. The van der Waals surface area contributed by atoms with Crippen molar-refractivity contribution in [2.24, 2.45) is 11.8 Å². The van der Waals surface area contributed by atoms with E-state index < -0.39 is 0 Å². The predicted molar refractivity (Wildman–Crippen MR) is 63.6 cm³/mol. The molecule has 1 aliphatic carbocycles. The van der Waals surface area contributed by atoms with Gasteiger partial charge in [-0.15, -0.1) is 24.8 Å². The second-order valence-corrected chi connectivity index (χ2v) is 4.72. The summed E-state index contributed by atoms with van der Waals surface area (Å²) < 4.78 is 0. The molecular formula is C10H20Cl2N2. The number of nitrogens with one attached hydrogen (secondary N) is 1. The highest BCUT2D eigenvalue weighted by molar-refractivity contribution is 5.85. The monoisotopic (exact) mass is 238 g/mol. The van der Waals surface area contributed by atoms with Crippen LogP contribution in [0.25, 0.3) is 0 Å². The van der Waals surface area contributed by atoms with E-state index in [1.807, 2.05) is 0 Å². The molecule has 84 valence electrons. The minimum absolute atomic E-state index is 0. The molecule has 3 fully saturated rings. The molecule has 0 unspecified atom stereocenters. The molecule has 0 radical (unpaired) electrons. The van der Waals surface area contributed by atoms with Crippen LogP contribution in [0.1, 0.15) is 19.3 Å². The summed E-state index contributed by atoms with van der Waals surface area (Å²) in [6.07, 6.45) is 4.54. The molecule has 1 N–H and O–H groups in total. The lowest BCUT2D eigenvalue weighted by molar-refractivity contribution is 0.167. The van der Waals surface area contributed by atoms with Crippen molar-refractivity contribution in [2.45, 2.75) is 25.3 Å². The molecule has 1 saturated carbocycles. The van der Waals surface area contributed by atoms with Crippen LogP contribution in [-0.4, -0.2) is 37.1 Å². The first-order chi connectivity index (χ1) is 5.93. The van der Waals surface area contributed by atoms with E-state index in [1.54, 1.807) is 0 Å². The average Bonchev–Trinajstić information content (AvgIpc) is 2.40. The van der Waals surface area contributed by atoms with Crippen molar-refractivity contribution >= 4 is 24.8 Å². The fourth-order valence-corrected chi connectivity index (χ4v) is 3.10. The lowest BCUT2D eigenvalue weighted by atomic mass is 10.0. The quantitative estimate of drug-likeness (QED) is 0.746. The highest BCUT2D eigenvalue weighted by Gasteiger charge is 2.39. The molecule has 0 bridgehead atoms. The molecule has 0 aromatic carbocycles. The van der Waals surface area contributed by atoms with Crippen LogP contribution >= 0.6 is 24.8 Å². The second kappa shape index (κ2) is 5.02. The van der Waals surface area contributed by atoms with Crippen molar-refractivity contribution in [3.8, 4) is 0 Å². The van der Waals surface area contributed by atoms with Crippen molar-refractivity contribution in [1.29, 1.82) is 0 Å². The molecule has 3 aliphatic rings. The van der Waals surface area contributed by atoms with Gasteiger partial charge >= 0.3 is 0 Å². The molecule has 3 rings (SSSR count). The number of rotatable bonds is 1. The highest BCUT2D eigenvalue weighted by Crippen LogP contribution is 2.38. The summed E-state index contributed by atoms with van der Waals surface area (Å²) in [7, 11) is 0. The topological polar surface area (TPSA) is 15.3 Å². The number of hydrogen-bond donors (Lipinski definition) is 1. The van der Waals surface area contributed by atoms with E-state index in [2.05, 4.69) is 10.2 Å². The SMILES string of the molecule is C1C[C@@H]2CN(C3CNC3)C[C@@H]2C1.Cl.Cl. The zero-order valence-electron chi connectivity index (χ0n) is 8.45. The number of halogens is 2. The molecular weight excluding hydrogens is 219 g/mol. The van der Waals surface area contributed by atoms with Crippen LogP contribution in [0.3, 0.4) is 0 Å².